The van der Waals surface area contributed by atoms with Crippen molar-refractivity contribution in [1.29, 1.82) is 0 Å². The molecule has 1 fully saturated rings. The Kier molecular flexibility index (Phi) is 6.22. The van der Waals surface area contributed by atoms with Crippen LogP contribution in [0.5, 0.6) is 0 Å². The first-order chi connectivity index (χ1) is 16.0. The van der Waals surface area contributed by atoms with E-state index in [-0.39, 0.29) is 10.9 Å². The first-order valence-electron chi connectivity index (χ1n) is 11.1. The van der Waals surface area contributed by atoms with Gasteiger partial charge in [-0.1, -0.05) is 24.3 Å². The fourth-order valence-corrected chi connectivity index (χ4v) is 5.71. The van der Waals surface area contributed by atoms with Crippen LogP contribution < -0.4 is 10.6 Å². The van der Waals surface area contributed by atoms with E-state index in [1.165, 1.54) is 35.6 Å². The van der Waals surface area contributed by atoms with Gasteiger partial charge >= 0.3 is 6.03 Å². The molecular weight excluding hydrogens is 456 g/mol. The molecule has 0 saturated carbocycles. The molecule has 4 rings (SSSR count). The van der Waals surface area contributed by atoms with E-state index in [9.17, 15) is 22.8 Å². The van der Waals surface area contributed by atoms with Crippen LogP contribution in [-0.2, 0) is 32.5 Å². The molecular formula is C24H28N4O5S. The minimum absolute atomic E-state index is 0.107. The van der Waals surface area contributed by atoms with Crippen molar-refractivity contribution in [3.63, 3.8) is 0 Å². The highest BCUT2D eigenvalue weighted by atomic mass is 32.2. The van der Waals surface area contributed by atoms with Crippen LogP contribution in [-0.4, -0.2) is 60.6 Å². The van der Waals surface area contributed by atoms with Gasteiger partial charge in [-0.15, -0.1) is 0 Å². The van der Waals surface area contributed by atoms with Gasteiger partial charge in [-0.2, -0.15) is 4.31 Å². The van der Waals surface area contributed by atoms with Gasteiger partial charge in [-0.3, -0.25) is 14.5 Å². The lowest BCUT2D eigenvalue weighted by atomic mass is 9.78. The lowest BCUT2D eigenvalue weighted by molar-refractivity contribution is -0.134. The maximum absolute atomic E-state index is 13.2. The van der Waals surface area contributed by atoms with Gasteiger partial charge in [0.2, 0.25) is 15.9 Å². The van der Waals surface area contributed by atoms with Gasteiger partial charge in [-0.05, 0) is 62.1 Å². The van der Waals surface area contributed by atoms with Crippen LogP contribution in [0.4, 0.5) is 10.5 Å². The number of nitrogens with zero attached hydrogens (tertiary/aromatic N) is 2. The zero-order chi connectivity index (χ0) is 24.7. The second-order valence-electron chi connectivity index (χ2n) is 9.04. The van der Waals surface area contributed by atoms with Gasteiger partial charge in [0.1, 0.15) is 12.1 Å². The summed E-state index contributed by atoms with van der Waals surface area (Å²) in [4.78, 5) is 39.4. The molecule has 1 heterocycles. The van der Waals surface area contributed by atoms with Crippen molar-refractivity contribution in [3.05, 3.63) is 59.7 Å². The Hall–Kier alpha value is -3.24. The van der Waals surface area contributed by atoms with Crippen LogP contribution in [0.1, 0.15) is 31.4 Å². The van der Waals surface area contributed by atoms with Crippen LogP contribution in [0.2, 0.25) is 0 Å². The average molecular weight is 485 g/mol. The number of carbonyl (C=O) groups excluding carboxylic acids is 3. The van der Waals surface area contributed by atoms with Gasteiger partial charge in [0.15, 0.2) is 0 Å². The summed E-state index contributed by atoms with van der Waals surface area (Å²) in [6, 6.07) is 12.8. The van der Waals surface area contributed by atoms with E-state index >= 15 is 0 Å². The second kappa shape index (κ2) is 8.84. The predicted molar refractivity (Wildman–Crippen MR) is 127 cm³/mol. The van der Waals surface area contributed by atoms with E-state index in [2.05, 4.69) is 10.6 Å². The van der Waals surface area contributed by atoms with Crippen LogP contribution in [0.3, 0.4) is 0 Å². The molecule has 1 saturated heterocycles. The summed E-state index contributed by atoms with van der Waals surface area (Å²) in [5, 5.41) is 5.44. The molecule has 0 aromatic heterocycles. The number of hydrogen-bond donors (Lipinski definition) is 2. The molecule has 1 spiro atoms. The quantitative estimate of drug-likeness (QED) is 0.610. The summed E-state index contributed by atoms with van der Waals surface area (Å²) in [5.74, 6) is -0.952. The van der Waals surface area contributed by atoms with Gasteiger partial charge < -0.3 is 10.6 Å². The fourth-order valence-electron chi connectivity index (χ4n) is 4.34. The van der Waals surface area contributed by atoms with E-state index in [0.29, 0.717) is 24.9 Å². The van der Waals surface area contributed by atoms with Crippen molar-refractivity contribution in [2.75, 3.05) is 18.9 Å². The number of sulfonamides is 1. The fraction of sp³-hybridized carbons (Fsp3) is 0.375. The number of amides is 4. The molecule has 4 amide bonds. The zero-order valence-electron chi connectivity index (χ0n) is 19.4. The Balaban J connectivity index is 1.42. The van der Waals surface area contributed by atoms with Crippen molar-refractivity contribution < 1.29 is 22.8 Å². The van der Waals surface area contributed by atoms with Crippen LogP contribution >= 0.6 is 0 Å². The highest BCUT2D eigenvalue weighted by molar-refractivity contribution is 7.89. The second-order valence-corrected chi connectivity index (χ2v) is 11.0. The van der Waals surface area contributed by atoms with Crippen molar-refractivity contribution in [1.82, 2.24) is 14.5 Å². The number of aryl methyl sites for hydroxylation is 1. The van der Waals surface area contributed by atoms with Crippen molar-refractivity contribution in [3.8, 4) is 0 Å². The monoisotopic (exact) mass is 484 g/mol. The number of imide groups is 1. The molecule has 180 valence electrons. The normalized spacial score (nSPS) is 20.1. The Morgan fingerprint density at radius 3 is 2.41 bits per heavy atom. The smallest absolute Gasteiger partial charge is 0.325 e. The van der Waals surface area contributed by atoms with Gasteiger partial charge in [0, 0.05) is 25.2 Å². The van der Waals surface area contributed by atoms with Gasteiger partial charge in [0.05, 0.1) is 4.90 Å². The van der Waals surface area contributed by atoms with Crippen LogP contribution in [0, 0.1) is 0 Å². The first-order valence-corrected chi connectivity index (χ1v) is 12.6. The number of anilines is 1. The largest absolute Gasteiger partial charge is 0.325 e. The third kappa shape index (κ3) is 4.30. The predicted octanol–water partition coefficient (Wildman–Crippen LogP) is 2.13. The first kappa shape index (κ1) is 23.9. The highest BCUT2D eigenvalue weighted by Crippen LogP contribution is 2.33. The highest BCUT2D eigenvalue weighted by Gasteiger charge is 2.52. The molecule has 2 aromatic carbocycles. The molecule has 1 atom stereocenters. The molecule has 0 radical (unpaired) electrons. The lowest BCUT2D eigenvalue weighted by Gasteiger charge is -2.32. The minimum atomic E-state index is -3.64. The Bertz CT molecular complexity index is 1240. The molecule has 10 heteroatoms. The third-order valence-electron chi connectivity index (χ3n) is 6.52. The number of rotatable bonds is 6. The lowest BCUT2D eigenvalue weighted by Crippen LogP contribution is -2.51. The van der Waals surface area contributed by atoms with E-state index in [0.717, 1.165) is 16.0 Å². The topological polar surface area (TPSA) is 116 Å². The molecule has 9 nitrogen and oxygen atoms in total. The number of urea groups is 1. The van der Waals surface area contributed by atoms with E-state index in [1.54, 1.807) is 13.8 Å². The Morgan fingerprint density at radius 2 is 1.76 bits per heavy atom. The Labute approximate surface area is 199 Å². The minimum Gasteiger partial charge on any atom is -0.325 e. The SMILES string of the molecule is CC(C)N(C)S(=O)(=O)c1ccc(NC(=O)CN2C(=O)NC3(CCc4ccccc4C3)C2=O)cc1. The molecule has 34 heavy (non-hydrogen) atoms. The summed E-state index contributed by atoms with van der Waals surface area (Å²) in [6.45, 7) is 3.13. The number of hydrogen-bond acceptors (Lipinski definition) is 5. The van der Waals surface area contributed by atoms with Crippen LogP contribution in [0.15, 0.2) is 53.4 Å². The number of carbonyl (C=O) groups is 3. The summed E-state index contributed by atoms with van der Waals surface area (Å²) < 4.78 is 26.4. The molecule has 2 N–H and O–H groups in total. The zero-order valence-corrected chi connectivity index (χ0v) is 20.2. The molecule has 1 unspecified atom stereocenters. The molecule has 1 aliphatic carbocycles. The summed E-state index contributed by atoms with van der Waals surface area (Å²) in [7, 11) is -2.13. The summed E-state index contributed by atoms with van der Waals surface area (Å²) >= 11 is 0. The van der Waals surface area contributed by atoms with E-state index in [1.807, 2.05) is 24.3 Å². The van der Waals surface area contributed by atoms with Gasteiger partial charge in [0.25, 0.3) is 5.91 Å². The molecule has 0 bridgehead atoms. The standard InChI is InChI=1S/C24H28N4O5S/c1-16(2)27(3)34(32,33)20-10-8-19(9-11-20)25-21(29)15-28-22(30)24(26-23(28)31)13-12-17-6-4-5-7-18(17)14-24/h4-11,16H,12-15H2,1-3H3,(H,25,29)(H,26,31). The van der Waals surface area contributed by atoms with Crippen molar-refractivity contribution in [2.45, 2.75) is 49.6 Å². The molecule has 1 aliphatic heterocycles. The number of nitrogens with one attached hydrogen (secondary N) is 2. The maximum Gasteiger partial charge on any atom is 0.325 e. The van der Waals surface area contributed by atoms with E-state index in [4.69, 9.17) is 0 Å². The third-order valence-corrected chi connectivity index (χ3v) is 8.57. The average Bonchev–Trinajstić information content (AvgIpc) is 3.02. The van der Waals surface area contributed by atoms with Crippen molar-refractivity contribution in [2.24, 2.45) is 0 Å². The van der Waals surface area contributed by atoms with Gasteiger partial charge in [-0.25, -0.2) is 13.2 Å². The molecule has 2 aliphatic rings. The van der Waals surface area contributed by atoms with Crippen LogP contribution in [0.25, 0.3) is 0 Å². The number of fused-ring (bicyclic) bond motifs is 1. The number of benzene rings is 2. The summed E-state index contributed by atoms with van der Waals surface area (Å²) in [5.41, 5.74) is 1.53. The van der Waals surface area contributed by atoms with Crippen molar-refractivity contribution >= 4 is 33.6 Å². The Morgan fingerprint density at radius 1 is 1.12 bits per heavy atom. The maximum atomic E-state index is 13.2. The summed E-state index contributed by atoms with van der Waals surface area (Å²) in [6.07, 6.45) is 1.55. The molecule has 2 aromatic rings. The van der Waals surface area contributed by atoms with E-state index < -0.39 is 40.0 Å².